The van der Waals surface area contributed by atoms with E-state index in [-0.39, 0.29) is 5.69 Å². The van der Waals surface area contributed by atoms with Crippen LogP contribution in [0.5, 0.6) is 0 Å². The minimum atomic E-state index is -0.444. The van der Waals surface area contributed by atoms with Crippen molar-refractivity contribution >= 4 is 45.9 Å². The van der Waals surface area contributed by atoms with E-state index in [1.807, 2.05) is 11.4 Å². The Balaban J connectivity index is 2.17. The van der Waals surface area contributed by atoms with Gasteiger partial charge in [-0.15, -0.1) is 11.3 Å². The van der Waals surface area contributed by atoms with Gasteiger partial charge in [-0.05, 0) is 18.2 Å². The Hall–Kier alpha value is -1.30. The van der Waals surface area contributed by atoms with E-state index in [9.17, 15) is 10.1 Å². The molecule has 94 valence electrons. The number of benzene rings is 1. The maximum atomic E-state index is 10.9. The van der Waals surface area contributed by atoms with Gasteiger partial charge >= 0.3 is 0 Å². The molecule has 1 aromatic carbocycles. The van der Waals surface area contributed by atoms with Crippen LogP contribution < -0.4 is 5.32 Å². The molecule has 0 amide bonds. The first-order valence-electron chi connectivity index (χ1n) is 4.97. The van der Waals surface area contributed by atoms with Crippen LogP contribution >= 0.6 is 34.5 Å². The molecule has 18 heavy (non-hydrogen) atoms. The number of halogens is 2. The number of nitro benzene ring substituents is 1. The third kappa shape index (κ3) is 3.13. The van der Waals surface area contributed by atoms with Crippen LogP contribution in [0.4, 0.5) is 11.4 Å². The monoisotopic (exact) mass is 302 g/mol. The zero-order valence-corrected chi connectivity index (χ0v) is 11.4. The van der Waals surface area contributed by atoms with Crippen LogP contribution in [0.3, 0.4) is 0 Å². The summed E-state index contributed by atoms with van der Waals surface area (Å²) in [5.41, 5.74) is 0.402. The molecule has 0 fully saturated rings. The minimum Gasteiger partial charge on any atom is -0.375 e. The second-order valence-electron chi connectivity index (χ2n) is 3.50. The lowest BCUT2D eigenvalue weighted by molar-refractivity contribution is -0.384. The minimum absolute atomic E-state index is 0.00190. The number of nitrogens with one attached hydrogen (secondary N) is 1. The molecule has 4 nitrogen and oxygen atoms in total. The molecule has 0 atom stereocenters. The molecular formula is C11H8Cl2N2O2S. The van der Waals surface area contributed by atoms with Crippen LogP contribution in [-0.4, -0.2) is 4.92 Å². The van der Waals surface area contributed by atoms with Gasteiger partial charge in [-0.2, -0.15) is 0 Å². The molecule has 7 heteroatoms. The summed E-state index contributed by atoms with van der Waals surface area (Å²) in [5.74, 6) is 0. The maximum Gasteiger partial charge on any atom is 0.292 e. The third-order valence-electron chi connectivity index (χ3n) is 2.23. The van der Waals surface area contributed by atoms with Gasteiger partial charge in [-0.3, -0.25) is 10.1 Å². The fourth-order valence-corrected chi connectivity index (χ4v) is 2.62. The fraction of sp³-hybridized carbons (Fsp3) is 0.0909. The van der Waals surface area contributed by atoms with Crippen LogP contribution in [0, 0.1) is 10.1 Å². The molecule has 0 aliphatic rings. The summed E-state index contributed by atoms with van der Waals surface area (Å²) < 4.78 is 0. The number of hydrogen-bond donors (Lipinski definition) is 1. The molecule has 1 N–H and O–H groups in total. The summed E-state index contributed by atoms with van der Waals surface area (Å²) in [5, 5.41) is 16.8. The Labute approximate surface area is 117 Å². The zero-order valence-electron chi connectivity index (χ0n) is 9.02. The van der Waals surface area contributed by atoms with Gasteiger partial charge in [-0.1, -0.05) is 23.2 Å². The number of hydrogen-bond acceptors (Lipinski definition) is 4. The molecule has 0 aliphatic heterocycles. The normalized spacial score (nSPS) is 10.3. The van der Waals surface area contributed by atoms with E-state index in [0.29, 0.717) is 22.3 Å². The van der Waals surface area contributed by atoms with Crippen LogP contribution in [0.1, 0.15) is 4.88 Å². The van der Waals surface area contributed by atoms with E-state index in [1.165, 1.54) is 29.5 Å². The molecule has 2 rings (SSSR count). The first-order valence-corrected chi connectivity index (χ1v) is 6.60. The van der Waals surface area contributed by atoms with Crippen molar-refractivity contribution in [2.75, 3.05) is 5.32 Å². The van der Waals surface area contributed by atoms with E-state index < -0.39 is 4.92 Å². The van der Waals surface area contributed by atoms with Gasteiger partial charge in [0.15, 0.2) is 0 Å². The standard InChI is InChI=1S/C11H8Cl2N2O2S/c12-7-1-2-11(15(16)17)10(4-7)14-5-9-3-8(13)6-18-9/h1-4,6,14H,5H2. The van der Waals surface area contributed by atoms with Crippen molar-refractivity contribution < 1.29 is 4.92 Å². The average Bonchev–Trinajstić information content (AvgIpc) is 2.72. The highest BCUT2D eigenvalue weighted by atomic mass is 35.5. The topological polar surface area (TPSA) is 55.2 Å². The first kappa shape index (κ1) is 13.1. The predicted molar refractivity (Wildman–Crippen MR) is 74.8 cm³/mol. The van der Waals surface area contributed by atoms with E-state index in [1.54, 1.807) is 0 Å². The Morgan fingerprint density at radius 1 is 1.28 bits per heavy atom. The highest BCUT2D eigenvalue weighted by Gasteiger charge is 2.13. The maximum absolute atomic E-state index is 10.9. The molecule has 1 aromatic heterocycles. The number of rotatable bonds is 4. The zero-order chi connectivity index (χ0) is 13.1. The first-order chi connectivity index (χ1) is 8.56. The van der Waals surface area contributed by atoms with E-state index in [4.69, 9.17) is 23.2 Å². The van der Waals surface area contributed by atoms with Crippen molar-refractivity contribution in [3.05, 3.63) is 54.7 Å². The highest BCUT2D eigenvalue weighted by Crippen LogP contribution is 2.29. The number of anilines is 1. The molecule has 0 aliphatic carbocycles. The van der Waals surface area contributed by atoms with Crippen LogP contribution in [0.15, 0.2) is 29.6 Å². The smallest absolute Gasteiger partial charge is 0.292 e. The van der Waals surface area contributed by atoms with Gasteiger partial charge in [0.25, 0.3) is 5.69 Å². The van der Waals surface area contributed by atoms with Gasteiger partial charge in [0.05, 0.1) is 9.95 Å². The summed E-state index contributed by atoms with van der Waals surface area (Å²) in [7, 11) is 0. The van der Waals surface area contributed by atoms with Gasteiger partial charge in [0.1, 0.15) is 5.69 Å². The predicted octanol–water partition coefficient (Wildman–Crippen LogP) is 4.58. The van der Waals surface area contributed by atoms with Crippen LogP contribution in [-0.2, 0) is 6.54 Å². The molecule has 2 aromatic rings. The van der Waals surface area contributed by atoms with Crippen LogP contribution in [0.25, 0.3) is 0 Å². The van der Waals surface area contributed by atoms with Crippen molar-refractivity contribution in [1.82, 2.24) is 0 Å². The summed E-state index contributed by atoms with van der Waals surface area (Å²) >= 11 is 13.1. The number of nitro groups is 1. The molecule has 0 saturated heterocycles. The summed E-state index contributed by atoms with van der Waals surface area (Å²) in [6, 6.07) is 6.23. The number of thiophene rings is 1. The summed E-state index contributed by atoms with van der Waals surface area (Å²) in [6.45, 7) is 0.471. The lowest BCUT2D eigenvalue weighted by atomic mass is 10.2. The quantitative estimate of drug-likeness (QED) is 0.664. The SMILES string of the molecule is O=[N+]([O-])c1ccc(Cl)cc1NCc1cc(Cl)cs1. The number of nitrogens with zero attached hydrogens (tertiary/aromatic N) is 1. The van der Waals surface area contributed by atoms with Gasteiger partial charge < -0.3 is 5.32 Å². The third-order valence-corrected chi connectivity index (χ3v) is 3.75. The molecule has 1 heterocycles. The van der Waals surface area contributed by atoms with Crippen molar-refractivity contribution in [2.24, 2.45) is 0 Å². The van der Waals surface area contributed by atoms with Gasteiger partial charge in [0, 0.05) is 27.9 Å². The summed E-state index contributed by atoms with van der Waals surface area (Å²) in [4.78, 5) is 11.4. The molecule has 0 saturated carbocycles. The van der Waals surface area contributed by atoms with Gasteiger partial charge in [-0.25, -0.2) is 0 Å². The Kier molecular flexibility index (Phi) is 4.06. The largest absolute Gasteiger partial charge is 0.375 e. The Morgan fingerprint density at radius 3 is 2.67 bits per heavy atom. The van der Waals surface area contributed by atoms with Crippen molar-refractivity contribution in [3.8, 4) is 0 Å². The van der Waals surface area contributed by atoms with Gasteiger partial charge in [0.2, 0.25) is 0 Å². The second-order valence-corrected chi connectivity index (χ2v) is 5.37. The van der Waals surface area contributed by atoms with Crippen LogP contribution in [0.2, 0.25) is 10.0 Å². The molecule has 0 spiro atoms. The molecular weight excluding hydrogens is 295 g/mol. The second kappa shape index (κ2) is 5.56. The van der Waals surface area contributed by atoms with Crippen molar-refractivity contribution in [3.63, 3.8) is 0 Å². The highest BCUT2D eigenvalue weighted by molar-refractivity contribution is 7.10. The average molecular weight is 303 g/mol. The summed E-state index contributed by atoms with van der Waals surface area (Å²) in [6.07, 6.45) is 0. The Bertz CT molecular complexity index is 586. The Morgan fingerprint density at radius 2 is 2.06 bits per heavy atom. The molecule has 0 bridgehead atoms. The fourth-order valence-electron chi connectivity index (χ4n) is 1.44. The van der Waals surface area contributed by atoms with E-state index in [2.05, 4.69) is 5.32 Å². The lowest BCUT2D eigenvalue weighted by Crippen LogP contribution is -2.01. The van der Waals surface area contributed by atoms with E-state index >= 15 is 0 Å². The molecule has 0 radical (unpaired) electrons. The van der Waals surface area contributed by atoms with Crippen molar-refractivity contribution in [2.45, 2.75) is 6.54 Å². The van der Waals surface area contributed by atoms with E-state index in [0.717, 1.165) is 4.88 Å². The lowest BCUT2D eigenvalue weighted by Gasteiger charge is -2.06. The molecule has 0 unspecified atom stereocenters. The van der Waals surface area contributed by atoms with Crippen molar-refractivity contribution in [1.29, 1.82) is 0 Å².